The first kappa shape index (κ1) is 13.6. The molecule has 0 bridgehead atoms. The van der Waals surface area contributed by atoms with Crippen LogP contribution in [0.15, 0.2) is 12.1 Å². The molecule has 1 unspecified atom stereocenters. The van der Waals surface area contributed by atoms with E-state index in [2.05, 4.69) is 0 Å². The number of benzene rings is 1. The maximum absolute atomic E-state index is 10.8. The number of hydrogen-bond donors (Lipinski definition) is 1. The number of methoxy groups -OCH3 is 2. The van der Waals surface area contributed by atoms with Gasteiger partial charge in [-0.05, 0) is 12.5 Å². The topological polar surface area (TPSA) is 55.8 Å². The predicted octanol–water partition coefficient (Wildman–Crippen LogP) is 2.62. The van der Waals surface area contributed by atoms with Crippen molar-refractivity contribution in [2.45, 2.75) is 13.3 Å². The number of ether oxygens (including phenoxy) is 2. The van der Waals surface area contributed by atoms with Crippen molar-refractivity contribution in [3.05, 3.63) is 22.7 Å². The quantitative estimate of drug-likeness (QED) is 0.882. The summed E-state index contributed by atoms with van der Waals surface area (Å²) in [5, 5.41) is 9.31. The molecule has 0 aliphatic carbocycles. The van der Waals surface area contributed by atoms with Gasteiger partial charge in [-0.1, -0.05) is 18.5 Å². The second-order valence-corrected chi connectivity index (χ2v) is 4.15. The van der Waals surface area contributed by atoms with E-state index in [9.17, 15) is 4.79 Å². The summed E-state index contributed by atoms with van der Waals surface area (Å²) in [6.07, 6.45) is 0.343. The van der Waals surface area contributed by atoms with Crippen molar-refractivity contribution in [2.75, 3.05) is 14.2 Å². The summed E-state index contributed by atoms with van der Waals surface area (Å²) in [4.78, 5) is 10.8. The van der Waals surface area contributed by atoms with E-state index in [-0.39, 0.29) is 0 Å². The molecule has 0 amide bonds. The Balaban J connectivity index is 3.11. The first-order valence-electron chi connectivity index (χ1n) is 5.12. The van der Waals surface area contributed by atoms with Crippen molar-refractivity contribution in [2.24, 2.45) is 5.92 Å². The number of carbonyl (C=O) groups is 1. The van der Waals surface area contributed by atoms with Crippen LogP contribution in [-0.4, -0.2) is 25.3 Å². The molecule has 0 aliphatic heterocycles. The van der Waals surface area contributed by atoms with Gasteiger partial charge in [0.1, 0.15) is 11.5 Å². The number of carboxylic acid groups (broad SMARTS) is 1. The fourth-order valence-corrected chi connectivity index (χ4v) is 1.84. The Morgan fingerprint density at radius 3 is 2.53 bits per heavy atom. The van der Waals surface area contributed by atoms with Crippen LogP contribution in [0.1, 0.15) is 12.5 Å². The lowest BCUT2D eigenvalue weighted by Crippen LogP contribution is -2.13. The predicted molar refractivity (Wildman–Crippen MR) is 65.1 cm³/mol. The monoisotopic (exact) mass is 258 g/mol. The molecule has 0 aromatic heterocycles. The zero-order valence-corrected chi connectivity index (χ0v) is 10.7. The van der Waals surface area contributed by atoms with E-state index in [1.807, 2.05) is 0 Å². The molecule has 0 aliphatic rings. The van der Waals surface area contributed by atoms with Crippen LogP contribution < -0.4 is 9.47 Å². The number of hydrogen-bond acceptors (Lipinski definition) is 3. The maximum atomic E-state index is 10.8. The highest BCUT2D eigenvalue weighted by molar-refractivity contribution is 6.32. The van der Waals surface area contributed by atoms with E-state index in [1.165, 1.54) is 14.2 Å². The summed E-state index contributed by atoms with van der Waals surface area (Å²) in [5.74, 6) is -0.276. The van der Waals surface area contributed by atoms with Crippen LogP contribution in [0, 0.1) is 5.92 Å². The minimum atomic E-state index is -0.856. The van der Waals surface area contributed by atoms with Crippen molar-refractivity contribution in [1.82, 2.24) is 0 Å². The Morgan fingerprint density at radius 2 is 2.06 bits per heavy atom. The third kappa shape index (κ3) is 3.27. The van der Waals surface area contributed by atoms with Crippen LogP contribution in [0.2, 0.25) is 5.02 Å². The summed E-state index contributed by atoms with van der Waals surface area (Å²) >= 11 is 6.02. The van der Waals surface area contributed by atoms with Gasteiger partial charge in [-0.15, -0.1) is 0 Å². The van der Waals surface area contributed by atoms with Gasteiger partial charge in [0.25, 0.3) is 0 Å². The summed E-state index contributed by atoms with van der Waals surface area (Å²) in [6, 6.07) is 3.37. The first-order valence-corrected chi connectivity index (χ1v) is 5.50. The average molecular weight is 259 g/mol. The molecule has 1 aromatic rings. The van der Waals surface area contributed by atoms with Gasteiger partial charge in [0.05, 0.1) is 25.2 Å². The number of halogens is 1. The molecule has 4 nitrogen and oxygen atoms in total. The minimum absolute atomic E-state index is 0.343. The van der Waals surface area contributed by atoms with Crippen molar-refractivity contribution in [3.8, 4) is 11.5 Å². The lowest BCUT2D eigenvalue weighted by molar-refractivity contribution is -0.141. The molecule has 0 saturated heterocycles. The zero-order chi connectivity index (χ0) is 13.0. The molecule has 1 N–H and O–H groups in total. The third-order valence-corrected chi connectivity index (χ3v) is 2.76. The van der Waals surface area contributed by atoms with Crippen LogP contribution in [0.5, 0.6) is 11.5 Å². The van der Waals surface area contributed by atoms with Gasteiger partial charge in [-0.2, -0.15) is 0 Å². The van der Waals surface area contributed by atoms with Crippen molar-refractivity contribution in [3.63, 3.8) is 0 Å². The van der Waals surface area contributed by atoms with Gasteiger partial charge in [0.15, 0.2) is 0 Å². The number of rotatable bonds is 5. The highest BCUT2D eigenvalue weighted by atomic mass is 35.5. The van der Waals surface area contributed by atoms with Gasteiger partial charge < -0.3 is 14.6 Å². The molecule has 0 spiro atoms. The number of aliphatic carboxylic acids is 1. The number of carboxylic acids is 1. The summed E-state index contributed by atoms with van der Waals surface area (Å²) < 4.78 is 10.3. The molecule has 5 heteroatoms. The van der Waals surface area contributed by atoms with Crippen molar-refractivity contribution < 1.29 is 19.4 Å². The fourth-order valence-electron chi connectivity index (χ4n) is 1.54. The van der Waals surface area contributed by atoms with Crippen LogP contribution in [-0.2, 0) is 11.2 Å². The SMILES string of the molecule is COc1cc(Cl)c(OC)c(CC(C)C(=O)O)c1. The van der Waals surface area contributed by atoms with Crippen LogP contribution in [0.25, 0.3) is 0 Å². The lowest BCUT2D eigenvalue weighted by atomic mass is 10.0. The van der Waals surface area contributed by atoms with Gasteiger partial charge in [0, 0.05) is 11.6 Å². The smallest absolute Gasteiger partial charge is 0.306 e. The molecule has 0 radical (unpaired) electrons. The third-order valence-electron chi connectivity index (χ3n) is 2.48. The van der Waals surface area contributed by atoms with E-state index >= 15 is 0 Å². The molecule has 0 fully saturated rings. The van der Waals surface area contributed by atoms with Gasteiger partial charge >= 0.3 is 5.97 Å². The maximum Gasteiger partial charge on any atom is 0.306 e. The van der Waals surface area contributed by atoms with Gasteiger partial charge in [-0.25, -0.2) is 0 Å². The lowest BCUT2D eigenvalue weighted by Gasteiger charge is -2.14. The van der Waals surface area contributed by atoms with E-state index in [1.54, 1.807) is 19.1 Å². The van der Waals surface area contributed by atoms with Crippen LogP contribution >= 0.6 is 11.6 Å². The standard InChI is InChI=1S/C12H15ClO4/c1-7(12(14)15)4-8-5-9(16-2)6-10(13)11(8)17-3/h5-7H,4H2,1-3H3,(H,14,15). The van der Waals surface area contributed by atoms with E-state index < -0.39 is 11.9 Å². The Morgan fingerprint density at radius 1 is 1.41 bits per heavy atom. The minimum Gasteiger partial charge on any atom is -0.497 e. The molecule has 17 heavy (non-hydrogen) atoms. The highest BCUT2D eigenvalue weighted by Crippen LogP contribution is 2.34. The molecule has 94 valence electrons. The van der Waals surface area contributed by atoms with E-state index in [0.717, 1.165) is 5.56 Å². The van der Waals surface area contributed by atoms with Crippen LogP contribution in [0.4, 0.5) is 0 Å². The molecule has 1 rings (SSSR count). The van der Waals surface area contributed by atoms with Crippen LogP contribution in [0.3, 0.4) is 0 Å². The molecule has 0 saturated carbocycles. The molecule has 1 atom stereocenters. The Labute approximate surface area is 105 Å². The zero-order valence-electron chi connectivity index (χ0n) is 9.99. The van der Waals surface area contributed by atoms with Gasteiger partial charge in [-0.3, -0.25) is 4.79 Å². The first-order chi connectivity index (χ1) is 7.99. The highest BCUT2D eigenvalue weighted by Gasteiger charge is 2.17. The summed E-state index contributed by atoms with van der Waals surface area (Å²) in [6.45, 7) is 1.63. The molecular formula is C12H15ClO4. The Kier molecular flexibility index (Phi) is 4.63. The van der Waals surface area contributed by atoms with E-state index in [4.69, 9.17) is 26.2 Å². The second-order valence-electron chi connectivity index (χ2n) is 3.75. The summed E-state index contributed by atoms with van der Waals surface area (Å²) in [7, 11) is 3.03. The fraction of sp³-hybridized carbons (Fsp3) is 0.417. The Bertz CT molecular complexity index is 417. The summed E-state index contributed by atoms with van der Waals surface area (Å²) in [5.41, 5.74) is 0.728. The molecule has 0 heterocycles. The van der Waals surface area contributed by atoms with Gasteiger partial charge in [0.2, 0.25) is 0 Å². The van der Waals surface area contributed by atoms with Crippen molar-refractivity contribution >= 4 is 17.6 Å². The molecular weight excluding hydrogens is 244 g/mol. The largest absolute Gasteiger partial charge is 0.497 e. The van der Waals surface area contributed by atoms with E-state index in [0.29, 0.717) is 22.9 Å². The normalized spacial score (nSPS) is 12.0. The van der Waals surface area contributed by atoms with Crippen molar-refractivity contribution in [1.29, 1.82) is 0 Å². The second kappa shape index (κ2) is 5.77. The Hall–Kier alpha value is -1.42. The average Bonchev–Trinajstić information content (AvgIpc) is 2.28. The molecule has 1 aromatic carbocycles.